The average molecular weight is 383 g/mol. The molecule has 0 bridgehead atoms. The van der Waals surface area contributed by atoms with E-state index < -0.39 is 0 Å². The van der Waals surface area contributed by atoms with Crippen LogP contribution in [0.1, 0.15) is 31.3 Å². The van der Waals surface area contributed by atoms with Crippen molar-refractivity contribution in [1.29, 1.82) is 0 Å². The summed E-state index contributed by atoms with van der Waals surface area (Å²) in [5.74, 6) is 0.203. The first-order chi connectivity index (χ1) is 12.5. The highest BCUT2D eigenvalue weighted by Crippen LogP contribution is 2.23. The highest BCUT2D eigenvalue weighted by Gasteiger charge is 2.12. The molecule has 0 saturated carbocycles. The van der Waals surface area contributed by atoms with Gasteiger partial charge in [0.05, 0.1) is 11.4 Å². The third kappa shape index (κ3) is 4.59. The molecule has 6 heteroatoms. The molecule has 3 aromatic rings. The number of hydrogen-bond donors (Lipinski definition) is 1. The maximum atomic E-state index is 12.4. The number of rotatable bonds is 6. The Hall–Kier alpha value is -2.44. The van der Waals surface area contributed by atoms with Gasteiger partial charge in [-0.3, -0.25) is 14.9 Å². The first-order valence-corrected chi connectivity index (χ1v) is 9.89. The van der Waals surface area contributed by atoms with Gasteiger partial charge in [0.2, 0.25) is 0 Å². The number of Topliss-reactive ketones (excluding diaryl/α,β-unsaturated/α-hetero) is 1. The summed E-state index contributed by atoms with van der Waals surface area (Å²) >= 11 is 2.89. The van der Waals surface area contributed by atoms with Gasteiger partial charge in [0.1, 0.15) is 0 Å². The molecule has 1 amide bonds. The van der Waals surface area contributed by atoms with Gasteiger partial charge in [-0.25, -0.2) is 4.98 Å². The molecule has 0 radical (unpaired) electrons. The Bertz CT molecular complexity index is 916. The number of benzene rings is 2. The molecule has 0 spiro atoms. The zero-order valence-electron chi connectivity index (χ0n) is 14.5. The van der Waals surface area contributed by atoms with Crippen LogP contribution in [0.3, 0.4) is 0 Å². The molecule has 1 aromatic heterocycles. The van der Waals surface area contributed by atoms with E-state index >= 15 is 0 Å². The van der Waals surface area contributed by atoms with Crippen LogP contribution in [0, 0.1) is 13.8 Å². The number of amides is 1. The van der Waals surface area contributed by atoms with Crippen LogP contribution >= 0.6 is 23.1 Å². The third-order valence-corrected chi connectivity index (χ3v) is 5.79. The van der Waals surface area contributed by atoms with Crippen molar-refractivity contribution in [2.75, 3.05) is 11.1 Å². The van der Waals surface area contributed by atoms with Crippen LogP contribution in [-0.4, -0.2) is 22.4 Å². The molecular formula is C20H18N2O2S2. The minimum absolute atomic E-state index is 0.0687. The number of carbonyl (C=O) groups is 2. The summed E-state index contributed by atoms with van der Waals surface area (Å²) in [7, 11) is 0. The van der Waals surface area contributed by atoms with E-state index in [1.807, 2.05) is 56.3 Å². The smallest absolute Gasteiger partial charge is 0.257 e. The second kappa shape index (κ2) is 8.29. The van der Waals surface area contributed by atoms with Gasteiger partial charge in [0.15, 0.2) is 10.9 Å². The summed E-state index contributed by atoms with van der Waals surface area (Å²) in [5.41, 5.74) is 2.17. The van der Waals surface area contributed by atoms with Crippen LogP contribution in [0.2, 0.25) is 0 Å². The van der Waals surface area contributed by atoms with Gasteiger partial charge >= 0.3 is 0 Å². The van der Waals surface area contributed by atoms with Crippen molar-refractivity contribution in [2.45, 2.75) is 18.7 Å². The predicted molar refractivity (Wildman–Crippen MR) is 107 cm³/mol. The lowest BCUT2D eigenvalue weighted by atomic mass is 10.2. The molecule has 1 heterocycles. The van der Waals surface area contributed by atoms with Gasteiger partial charge in [0.25, 0.3) is 5.91 Å². The van der Waals surface area contributed by atoms with E-state index in [1.54, 1.807) is 12.1 Å². The van der Waals surface area contributed by atoms with Crippen LogP contribution in [0.4, 0.5) is 5.13 Å². The van der Waals surface area contributed by atoms with Crippen molar-refractivity contribution < 1.29 is 9.59 Å². The summed E-state index contributed by atoms with van der Waals surface area (Å²) in [5, 5.41) is 3.43. The Labute approximate surface area is 160 Å². The number of ketones is 1. The maximum absolute atomic E-state index is 12.4. The largest absolute Gasteiger partial charge is 0.298 e. The maximum Gasteiger partial charge on any atom is 0.257 e. The minimum Gasteiger partial charge on any atom is -0.298 e. The number of thioether (sulfide) groups is 1. The molecule has 3 rings (SSSR count). The number of hydrogen-bond acceptors (Lipinski definition) is 5. The van der Waals surface area contributed by atoms with Crippen LogP contribution in [0.5, 0.6) is 0 Å². The first kappa shape index (κ1) is 18.4. The van der Waals surface area contributed by atoms with Crippen molar-refractivity contribution in [1.82, 2.24) is 4.98 Å². The second-order valence-corrected chi connectivity index (χ2v) is 7.97. The van der Waals surface area contributed by atoms with Gasteiger partial charge in [-0.15, -0.1) is 23.1 Å². The zero-order chi connectivity index (χ0) is 18.5. The molecule has 0 aliphatic carbocycles. The summed E-state index contributed by atoms with van der Waals surface area (Å²) in [6.45, 7) is 3.90. The summed E-state index contributed by atoms with van der Waals surface area (Å²) in [6, 6.07) is 16.5. The molecule has 0 fully saturated rings. The number of nitrogens with one attached hydrogen (secondary N) is 1. The van der Waals surface area contributed by atoms with Gasteiger partial charge < -0.3 is 0 Å². The monoisotopic (exact) mass is 382 g/mol. The molecule has 0 unspecified atom stereocenters. The van der Waals surface area contributed by atoms with E-state index in [1.165, 1.54) is 23.1 Å². The number of aryl methyl sites for hydroxylation is 2. The van der Waals surface area contributed by atoms with E-state index in [2.05, 4.69) is 10.3 Å². The van der Waals surface area contributed by atoms with Crippen LogP contribution in [0.25, 0.3) is 0 Å². The summed E-state index contributed by atoms with van der Waals surface area (Å²) in [4.78, 5) is 30.9. The predicted octanol–water partition coefficient (Wildman–Crippen LogP) is 4.99. The highest BCUT2D eigenvalue weighted by atomic mass is 32.2. The van der Waals surface area contributed by atoms with E-state index in [4.69, 9.17) is 0 Å². The van der Waals surface area contributed by atoms with E-state index in [9.17, 15) is 9.59 Å². The molecule has 132 valence electrons. The first-order valence-electron chi connectivity index (χ1n) is 8.09. The lowest BCUT2D eigenvalue weighted by molar-refractivity contribution is 0.101. The summed E-state index contributed by atoms with van der Waals surface area (Å²) in [6.07, 6.45) is 0. The van der Waals surface area contributed by atoms with Gasteiger partial charge in [0, 0.05) is 20.9 Å². The van der Waals surface area contributed by atoms with E-state index in [0.29, 0.717) is 22.0 Å². The Morgan fingerprint density at radius 1 is 1.04 bits per heavy atom. The molecule has 0 aliphatic heterocycles. The number of thiazole rings is 1. The van der Waals surface area contributed by atoms with Crippen molar-refractivity contribution in [3.63, 3.8) is 0 Å². The minimum atomic E-state index is -0.199. The fraction of sp³-hybridized carbons (Fsp3) is 0.150. The normalized spacial score (nSPS) is 10.5. The van der Waals surface area contributed by atoms with Crippen LogP contribution < -0.4 is 5.32 Å². The second-order valence-electron chi connectivity index (χ2n) is 5.72. The zero-order valence-corrected chi connectivity index (χ0v) is 16.1. The highest BCUT2D eigenvalue weighted by molar-refractivity contribution is 8.00. The van der Waals surface area contributed by atoms with Crippen LogP contribution in [-0.2, 0) is 0 Å². The topological polar surface area (TPSA) is 59.1 Å². The van der Waals surface area contributed by atoms with Crippen molar-refractivity contribution in [3.05, 3.63) is 76.3 Å². The quantitative estimate of drug-likeness (QED) is 0.482. The van der Waals surface area contributed by atoms with E-state index in [0.717, 1.165) is 15.5 Å². The molecule has 26 heavy (non-hydrogen) atoms. The average Bonchev–Trinajstić information content (AvgIpc) is 2.97. The summed E-state index contributed by atoms with van der Waals surface area (Å²) < 4.78 is 0. The molecule has 0 aliphatic rings. The third-order valence-electron chi connectivity index (χ3n) is 3.81. The van der Waals surface area contributed by atoms with Crippen molar-refractivity contribution >= 4 is 39.9 Å². The van der Waals surface area contributed by atoms with Gasteiger partial charge in [-0.2, -0.15) is 0 Å². The van der Waals surface area contributed by atoms with Gasteiger partial charge in [-0.1, -0.05) is 36.4 Å². The molecular weight excluding hydrogens is 364 g/mol. The van der Waals surface area contributed by atoms with Crippen molar-refractivity contribution in [2.24, 2.45) is 0 Å². The van der Waals surface area contributed by atoms with Crippen molar-refractivity contribution in [3.8, 4) is 0 Å². The number of carbonyl (C=O) groups excluding carboxylic acids is 2. The molecule has 0 saturated heterocycles. The van der Waals surface area contributed by atoms with E-state index in [-0.39, 0.29) is 11.7 Å². The molecule has 2 aromatic carbocycles. The number of nitrogens with zero attached hydrogens (tertiary/aromatic N) is 1. The number of anilines is 1. The Balaban J connectivity index is 1.64. The number of aromatic nitrogens is 1. The van der Waals surface area contributed by atoms with Crippen LogP contribution in [0.15, 0.2) is 59.5 Å². The SMILES string of the molecule is Cc1nc(NC(=O)c2cccc(SCC(=O)c3ccccc3)c2)sc1C. The lowest BCUT2D eigenvalue weighted by Gasteiger charge is -2.05. The molecule has 0 atom stereocenters. The molecule has 1 N–H and O–H groups in total. The standard InChI is InChI=1S/C20H18N2O2S2/c1-13-14(2)26-20(21-13)22-19(24)16-9-6-10-17(11-16)25-12-18(23)15-7-4-3-5-8-15/h3-11H,12H2,1-2H3,(H,21,22,24). The Morgan fingerprint density at radius 3 is 2.46 bits per heavy atom. The Kier molecular flexibility index (Phi) is 5.85. The Morgan fingerprint density at radius 2 is 1.77 bits per heavy atom. The molecule has 4 nitrogen and oxygen atoms in total. The van der Waals surface area contributed by atoms with Gasteiger partial charge in [-0.05, 0) is 32.0 Å². The fourth-order valence-corrected chi connectivity index (χ4v) is 3.94. The fourth-order valence-electron chi connectivity index (χ4n) is 2.28. The lowest BCUT2D eigenvalue weighted by Crippen LogP contribution is -2.11.